The monoisotopic (exact) mass is 523 g/mol. The van der Waals surface area contributed by atoms with Crippen molar-refractivity contribution in [3.63, 3.8) is 0 Å². The molecule has 196 valence electrons. The lowest BCUT2D eigenvalue weighted by atomic mass is 10.1. The number of amides is 2. The molecule has 7 nitrogen and oxygen atoms in total. The number of benzene rings is 1. The van der Waals surface area contributed by atoms with Gasteiger partial charge in [-0.3, -0.25) is 9.59 Å². The molecule has 0 aliphatic carbocycles. The maximum absolute atomic E-state index is 12.4. The van der Waals surface area contributed by atoms with Crippen LogP contribution in [-0.4, -0.2) is 62.6 Å². The lowest BCUT2D eigenvalue weighted by Gasteiger charge is -2.19. The predicted molar refractivity (Wildman–Crippen MR) is 147 cm³/mol. The molecule has 1 rings (SSSR count). The SMILES string of the molecule is CC(C)C#CCNC(=O)COCCOC(SSC(C)C)c1ccc(C(=O)NCCNC(C)C)cc1. The first-order chi connectivity index (χ1) is 16.7. The van der Waals surface area contributed by atoms with Crippen molar-refractivity contribution in [2.45, 2.75) is 58.3 Å². The molecular formula is C26H41N3O4S2. The van der Waals surface area contributed by atoms with Crippen LogP contribution in [-0.2, 0) is 14.3 Å². The fourth-order valence-electron chi connectivity index (χ4n) is 2.60. The quantitative estimate of drug-likeness (QED) is 0.131. The van der Waals surface area contributed by atoms with Gasteiger partial charge in [-0.15, -0.1) is 0 Å². The second-order valence-corrected chi connectivity index (χ2v) is 11.6. The van der Waals surface area contributed by atoms with Crippen LogP contribution in [0.3, 0.4) is 0 Å². The van der Waals surface area contributed by atoms with E-state index in [2.05, 4.69) is 55.5 Å². The van der Waals surface area contributed by atoms with Gasteiger partial charge in [0.15, 0.2) is 0 Å². The van der Waals surface area contributed by atoms with Crippen LogP contribution in [0.15, 0.2) is 24.3 Å². The molecule has 2 amide bonds. The summed E-state index contributed by atoms with van der Waals surface area (Å²) in [5, 5.41) is 9.35. The van der Waals surface area contributed by atoms with Gasteiger partial charge in [0.1, 0.15) is 12.0 Å². The Balaban J connectivity index is 2.49. The highest BCUT2D eigenvalue weighted by Gasteiger charge is 2.16. The van der Waals surface area contributed by atoms with E-state index in [1.54, 1.807) is 21.6 Å². The van der Waals surface area contributed by atoms with E-state index >= 15 is 0 Å². The first-order valence-electron chi connectivity index (χ1n) is 12.1. The zero-order valence-corrected chi connectivity index (χ0v) is 23.4. The van der Waals surface area contributed by atoms with E-state index in [1.165, 1.54) is 0 Å². The minimum atomic E-state index is -0.210. The minimum Gasteiger partial charge on any atom is -0.369 e. The zero-order valence-electron chi connectivity index (χ0n) is 21.8. The molecule has 1 atom stereocenters. The van der Waals surface area contributed by atoms with Crippen LogP contribution in [0.1, 0.15) is 62.9 Å². The smallest absolute Gasteiger partial charge is 0.251 e. The van der Waals surface area contributed by atoms with Crippen molar-refractivity contribution >= 4 is 33.4 Å². The largest absolute Gasteiger partial charge is 0.369 e. The van der Waals surface area contributed by atoms with E-state index in [9.17, 15) is 9.59 Å². The number of carbonyl (C=O) groups excluding carboxylic acids is 2. The third kappa shape index (κ3) is 15.8. The average Bonchev–Trinajstić information content (AvgIpc) is 2.81. The van der Waals surface area contributed by atoms with Crippen molar-refractivity contribution in [2.75, 3.05) is 39.5 Å². The van der Waals surface area contributed by atoms with Gasteiger partial charge in [0, 0.05) is 35.9 Å². The molecule has 0 bridgehead atoms. The topological polar surface area (TPSA) is 88.7 Å². The fraction of sp³-hybridized carbons (Fsp3) is 0.615. The maximum atomic E-state index is 12.4. The molecule has 0 saturated heterocycles. The number of nitrogens with one attached hydrogen (secondary N) is 3. The van der Waals surface area contributed by atoms with Crippen molar-refractivity contribution in [3.8, 4) is 11.8 Å². The Hall–Kier alpha value is -1.70. The van der Waals surface area contributed by atoms with Gasteiger partial charge in [-0.1, -0.05) is 87.1 Å². The van der Waals surface area contributed by atoms with E-state index in [-0.39, 0.29) is 29.8 Å². The summed E-state index contributed by atoms with van der Waals surface area (Å²) in [5.74, 6) is 5.90. The van der Waals surface area contributed by atoms with Gasteiger partial charge in [-0.2, -0.15) is 0 Å². The summed E-state index contributed by atoms with van der Waals surface area (Å²) in [7, 11) is 3.36. The highest BCUT2D eigenvalue weighted by Crippen LogP contribution is 2.41. The van der Waals surface area contributed by atoms with Crippen molar-refractivity contribution in [3.05, 3.63) is 35.4 Å². The first-order valence-corrected chi connectivity index (χ1v) is 14.3. The standard InChI is InChI=1S/C26H41N3O4S2/c1-19(2)8-7-13-28-24(30)18-32-16-17-33-26(35-34-21(5)6)23-11-9-22(10-12-23)25(31)29-15-14-27-20(3)4/h9-12,19-21,26-27H,13-18H2,1-6H3,(H,28,30)(H,29,31). The Bertz CT molecular complexity index is 805. The minimum absolute atomic E-state index is 0.0260. The number of ether oxygens (including phenoxy) is 2. The lowest BCUT2D eigenvalue weighted by molar-refractivity contribution is -0.126. The highest BCUT2D eigenvalue weighted by molar-refractivity contribution is 8.76. The molecule has 0 spiro atoms. The van der Waals surface area contributed by atoms with Crippen LogP contribution >= 0.6 is 21.6 Å². The Morgan fingerprint density at radius 3 is 2.29 bits per heavy atom. The van der Waals surface area contributed by atoms with Gasteiger partial charge >= 0.3 is 0 Å². The Kier molecular flexibility index (Phi) is 16.6. The summed E-state index contributed by atoms with van der Waals surface area (Å²) < 4.78 is 11.5. The summed E-state index contributed by atoms with van der Waals surface area (Å²) in [6, 6.07) is 7.88. The van der Waals surface area contributed by atoms with Crippen LogP contribution in [0.4, 0.5) is 0 Å². The lowest BCUT2D eigenvalue weighted by Crippen LogP contribution is -2.34. The third-order valence-corrected chi connectivity index (χ3v) is 7.33. The van der Waals surface area contributed by atoms with Crippen molar-refractivity contribution in [2.24, 2.45) is 5.92 Å². The predicted octanol–water partition coefficient (Wildman–Crippen LogP) is 4.01. The molecule has 1 aromatic carbocycles. The van der Waals surface area contributed by atoms with Crippen LogP contribution in [0.5, 0.6) is 0 Å². The summed E-state index contributed by atoms with van der Waals surface area (Å²) in [4.78, 5) is 24.2. The van der Waals surface area contributed by atoms with Crippen LogP contribution in [0.25, 0.3) is 0 Å². The molecule has 0 radical (unpaired) electrons. The van der Waals surface area contributed by atoms with Crippen LogP contribution < -0.4 is 16.0 Å². The molecule has 0 aliphatic rings. The fourth-order valence-corrected chi connectivity index (χ4v) is 4.81. The number of hydrogen-bond donors (Lipinski definition) is 3. The van der Waals surface area contributed by atoms with E-state index in [0.717, 1.165) is 12.1 Å². The van der Waals surface area contributed by atoms with E-state index in [0.29, 0.717) is 43.2 Å². The van der Waals surface area contributed by atoms with Crippen LogP contribution in [0, 0.1) is 17.8 Å². The van der Waals surface area contributed by atoms with Gasteiger partial charge in [0.2, 0.25) is 5.91 Å². The molecule has 0 fully saturated rings. The molecule has 3 N–H and O–H groups in total. The Morgan fingerprint density at radius 1 is 0.943 bits per heavy atom. The molecule has 0 aliphatic heterocycles. The van der Waals surface area contributed by atoms with Gasteiger partial charge in [-0.05, 0) is 17.7 Å². The van der Waals surface area contributed by atoms with Crippen molar-refractivity contribution < 1.29 is 19.1 Å². The first kappa shape index (κ1) is 31.3. The number of hydrogen-bond acceptors (Lipinski definition) is 7. The van der Waals surface area contributed by atoms with E-state index < -0.39 is 0 Å². The van der Waals surface area contributed by atoms with Gasteiger partial charge in [-0.25, -0.2) is 0 Å². The number of carbonyl (C=O) groups is 2. The molecular weight excluding hydrogens is 482 g/mol. The van der Waals surface area contributed by atoms with E-state index in [4.69, 9.17) is 9.47 Å². The summed E-state index contributed by atoms with van der Waals surface area (Å²) in [5.41, 5.74) is 1.38. The molecule has 1 unspecified atom stereocenters. The second kappa shape index (κ2) is 18.6. The van der Waals surface area contributed by atoms with Gasteiger partial charge in [0.05, 0.1) is 19.8 Å². The molecule has 0 saturated carbocycles. The summed E-state index contributed by atoms with van der Waals surface area (Å²) in [6.07, 6.45) is 0. The zero-order chi connectivity index (χ0) is 26.1. The maximum Gasteiger partial charge on any atom is 0.251 e. The normalized spacial score (nSPS) is 11.9. The second-order valence-electron chi connectivity index (χ2n) is 8.74. The molecule has 0 heterocycles. The summed E-state index contributed by atoms with van der Waals surface area (Å²) in [6.45, 7) is 14.7. The molecule has 35 heavy (non-hydrogen) atoms. The highest BCUT2D eigenvalue weighted by atomic mass is 33.1. The summed E-state index contributed by atoms with van der Waals surface area (Å²) >= 11 is 0. The van der Waals surface area contributed by atoms with Crippen molar-refractivity contribution in [1.82, 2.24) is 16.0 Å². The van der Waals surface area contributed by atoms with Crippen LogP contribution in [0.2, 0.25) is 0 Å². The Morgan fingerprint density at radius 2 is 1.66 bits per heavy atom. The molecule has 1 aromatic rings. The molecule has 0 aromatic heterocycles. The third-order valence-electron chi connectivity index (χ3n) is 4.24. The number of rotatable bonds is 16. The average molecular weight is 524 g/mol. The molecule has 9 heteroatoms. The van der Waals surface area contributed by atoms with Crippen molar-refractivity contribution in [1.29, 1.82) is 0 Å². The van der Waals surface area contributed by atoms with Gasteiger partial charge in [0.25, 0.3) is 5.91 Å². The van der Waals surface area contributed by atoms with E-state index in [1.807, 2.05) is 38.1 Å². The Labute approximate surface area is 219 Å². The van der Waals surface area contributed by atoms with Gasteiger partial charge < -0.3 is 25.4 Å².